The van der Waals surface area contributed by atoms with E-state index in [1.54, 1.807) is 0 Å². The van der Waals surface area contributed by atoms with Crippen molar-refractivity contribution in [3.63, 3.8) is 0 Å². The first-order valence-electron chi connectivity index (χ1n) is 6.65. The maximum absolute atomic E-state index is 12.1. The van der Waals surface area contributed by atoms with Crippen LogP contribution in [0.25, 0.3) is 0 Å². The molecule has 0 radical (unpaired) electrons. The van der Waals surface area contributed by atoms with Gasteiger partial charge >= 0.3 is 0 Å². The molecule has 0 aromatic rings. The molecule has 1 aliphatic rings. The number of carbonyl (C=O) groups is 1. The van der Waals surface area contributed by atoms with Crippen molar-refractivity contribution in [3.05, 3.63) is 0 Å². The van der Waals surface area contributed by atoms with Gasteiger partial charge in [-0.25, -0.2) is 0 Å². The molecule has 1 saturated carbocycles. The van der Waals surface area contributed by atoms with Gasteiger partial charge in [-0.15, -0.1) is 12.4 Å². The van der Waals surface area contributed by atoms with Gasteiger partial charge in [-0.2, -0.15) is 0 Å². The highest BCUT2D eigenvalue weighted by Gasteiger charge is 2.33. The number of halogens is 1. The summed E-state index contributed by atoms with van der Waals surface area (Å²) in [6, 6.07) is 0. The summed E-state index contributed by atoms with van der Waals surface area (Å²) in [7, 11) is 0. The molecule has 0 aromatic heterocycles. The van der Waals surface area contributed by atoms with Crippen molar-refractivity contribution in [2.75, 3.05) is 19.6 Å². The fourth-order valence-corrected chi connectivity index (χ4v) is 2.76. The van der Waals surface area contributed by atoms with Crippen molar-refractivity contribution >= 4 is 18.3 Å². The molecular weight excluding hydrogens is 236 g/mol. The van der Waals surface area contributed by atoms with Crippen LogP contribution in [0.5, 0.6) is 0 Å². The van der Waals surface area contributed by atoms with E-state index in [0.717, 1.165) is 25.9 Å². The molecule has 1 fully saturated rings. The lowest BCUT2D eigenvalue weighted by molar-refractivity contribution is -0.133. The summed E-state index contributed by atoms with van der Waals surface area (Å²) < 4.78 is 0. The third kappa shape index (κ3) is 4.47. The molecule has 0 heterocycles. The first-order valence-corrected chi connectivity index (χ1v) is 6.65. The van der Waals surface area contributed by atoms with Gasteiger partial charge in [0.05, 0.1) is 0 Å². The normalized spacial score (nSPS) is 18.3. The number of carbonyl (C=O) groups excluding carboxylic acids is 1. The first kappa shape index (κ1) is 16.7. The molecule has 1 rings (SSSR count). The van der Waals surface area contributed by atoms with E-state index in [2.05, 4.69) is 0 Å². The molecule has 0 aliphatic heterocycles. The predicted molar refractivity (Wildman–Crippen MR) is 74.4 cm³/mol. The SMILES string of the molecule is CCN(CC)C(=O)CC1(CN)CCCCC1.Cl. The van der Waals surface area contributed by atoms with Crippen LogP contribution in [0.4, 0.5) is 0 Å². The quantitative estimate of drug-likeness (QED) is 0.828. The summed E-state index contributed by atoms with van der Waals surface area (Å²) in [5.41, 5.74) is 6.01. The van der Waals surface area contributed by atoms with Crippen molar-refractivity contribution in [1.82, 2.24) is 4.90 Å². The predicted octanol–water partition coefficient (Wildman–Crippen LogP) is 2.58. The zero-order valence-corrected chi connectivity index (χ0v) is 12.0. The van der Waals surface area contributed by atoms with Crippen LogP contribution in [0.3, 0.4) is 0 Å². The highest BCUT2D eigenvalue weighted by molar-refractivity contribution is 5.85. The summed E-state index contributed by atoms with van der Waals surface area (Å²) in [4.78, 5) is 14.0. The van der Waals surface area contributed by atoms with E-state index in [1.807, 2.05) is 18.7 Å². The van der Waals surface area contributed by atoms with Crippen LogP contribution in [0, 0.1) is 5.41 Å². The van der Waals surface area contributed by atoms with Gasteiger partial charge in [0.1, 0.15) is 0 Å². The Bertz CT molecular complexity index is 223. The molecule has 0 unspecified atom stereocenters. The second-order valence-electron chi connectivity index (χ2n) is 5.01. The van der Waals surface area contributed by atoms with Gasteiger partial charge in [-0.1, -0.05) is 19.3 Å². The second kappa shape index (κ2) is 7.93. The van der Waals surface area contributed by atoms with E-state index in [0.29, 0.717) is 13.0 Å². The molecule has 0 saturated heterocycles. The summed E-state index contributed by atoms with van der Waals surface area (Å²) in [6.45, 7) is 6.38. The van der Waals surface area contributed by atoms with Crippen LogP contribution < -0.4 is 5.73 Å². The number of nitrogens with two attached hydrogens (primary N) is 1. The number of rotatable bonds is 5. The number of hydrogen-bond acceptors (Lipinski definition) is 2. The van der Waals surface area contributed by atoms with Gasteiger partial charge in [-0.05, 0) is 38.6 Å². The Morgan fingerprint density at radius 2 is 1.71 bits per heavy atom. The largest absolute Gasteiger partial charge is 0.343 e. The van der Waals surface area contributed by atoms with Crippen LogP contribution in [0.1, 0.15) is 52.4 Å². The average Bonchev–Trinajstić information content (AvgIpc) is 2.32. The average molecular weight is 263 g/mol. The van der Waals surface area contributed by atoms with Gasteiger partial charge in [-0.3, -0.25) is 4.79 Å². The number of nitrogens with zero attached hydrogens (tertiary/aromatic N) is 1. The Labute approximate surface area is 112 Å². The Morgan fingerprint density at radius 1 is 1.18 bits per heavy atom. The zero-order valence-electron chi connectivity index (χ0n) is 11.2. The lowest BCUT2D eigenvalue weighted by Crippen LogP contribution is -2.40. The highest BCUT2D eigenvalue weighted by atomic mass is 35.5. The standard InChI is InChI=1S/C13H26N2O.ClH/c1-3-15(4-2)12(16)10-13(11-14)8-6-5-7-9-13;/h3-11,14H2,1-2H3;1H. The van der Waals surface area contributed by atoms with Gasteiger partial charge in [0, 0.05) is 19.5 Å². The van der Waals surface area contributed by atoms with Crippen LogP contribution in [-0.2, 0) is 4.79 Å². The minimum Gasteiger partial charge on any atom is -0.343 e. The summed E-state index contributed by atoms with van der Waals surface area (Å²) in [5, 5.41) is 0. The van der Waals surface area contributed by atoms with Crippen LogP contribution in [0.2, 0.25) is 0 Å². The Hall–Kier alpha value is -0.280. The van der Waals surface area contributed by atoms with E-state index in [4.69, 9.17) is 5.73 Å². The maximum atomic E-state index is 12.1. The molecular formula is C13H27ClN2O. The van der Waals surface area contributed by atoms with Gasteiger partial charge in [0.2, 0.25) is 5.91 Å². The van der Waals surface area contributed by atoms with Crippen molar-refractivity contribution in [3.8, 4) is 0 Å². The third-order valence-electron chi connectivity index (χ3n) is 3.99. The molecule has 4 heteroatoms. The lowest BCUT2D eigenvalue weighted by atomic mass is 9.71. The molecule has 3 nitrogen and oxygen atoms in total. The van der Waals surface area contributed by atoms with Gasteiger partial charge in [0.15, 0.2) is 0 Å². The summed E-state index contributed by atoms with van der Waals surface area (Å²) >= 11 is 0. The van der Waals surface area contributed by atoms with Crippen molar-refractivity contribution in [1.29, 1.82) is 0 Å². The molecule has 0 aromatic carbocycles. The first-order chi connectivity index (χ1) is 7.67. The summed E-state index contributed by atoms with van der Waals surface area (Å²) in [5.74, 6) is 0.289. The van der Waals surface area contributed by atoms with E-state index >= 15 is 0 Å². The van der Waals surface area contributed by atoms with E-state index in [1.165, 1.54) is 19.3 Å². The fourth-order valence-electron chi connectivity index (χ4n) is 2.76. The topological polar surface area (TPSA) is 46.3 Å². The molecule has 0 spiro atoms. The van der Waals surface area contributed by atoms with Crippen molar-refractivity contribution in [2.45, 2.75) is 52.4 Å². The molecule has 0 atom stereocenters. The smallest absolute Gasteiger partial charge is 0.223 e. The van der Waals surface area contributed by atoms with E-state index < -0.39 is 0 Å². The highest BCUT2D eigenvalue weighted by Crippen LogP contribution is 2.38. The van der Waals surface area contributed by atoms with Crippen molar-refractivity contribution in [2.24, 2.45) is 11.1 Å². The van der Waals surface area contributed by atoms with E-state index in [-0.39, 0.29) is 23.7 Å². The maximum Gasteiger partial charge on any atom is 0.223 e. The van der Waals surface area contributed by atoms with Gasteiger partial charge < -0.3 is 10.6 Å². The third-order valence-corrected chi connectivity index (χ3v) is 3.99. The Kier molecular flexibility index (Phi) is 7.80. The number of amides is 1. The Balaban J connectivity index is 0.00000256. The monoisotopic (exact) mass is 262 g/mol. The van der Waals surface area contributed by atoms with Crippen LogP contribution in [-0.4, -0.2) is 30.4 Å². The zero-order chi connectivity index (χ0) is 12.0. The van der Waals surface area contributed by atoms with E-state index in [9.17, 15) is 4.79 Å². The molecule has 0 bridgehead atoms. The van der Waals surface area contributed by atoms with Gasteiger partial charge in [0.25, 0.3) is 0 Å². The van der Waals surface area contributed by atoms with Crippen LogP contribution >= 0.6 is 12.4 Å². The minimum atomic E-state index is 0. The molecule has 2 N–H and O–H groups in total. The fraction of sp³-hybridized carbons (Fsp3) is 0.923. The minimum absolute atomic E-state index is 0. The lowest BCUT2D eigenvalue weighted by Gasteiger charge is -2.37. The number of hydrogen-bond donors (Lipinski definition) is 1. The molecule has 102 valence electrons. The second-order valence-corrected chi connectivity index (χ2v) is 5.01. The molecule has 1 aliphatic carbocycles. The summed E-state index contributed by atoms with van der Waals surface area (Å²) in [6.07, 6.45) is 6.71. The van der Waals surface area contributed by atoms with Crippen LogP contribution in [0.15, 0.2) is 0 Å². The molecule has 1 amide bonds. The molecule has 17 heavy (non-hydrogen) atoms. The Morgan fingerprint density at radius 3 is 2.12 bits per heavy atom. The van der Waals surface area contributed by atoms with Crippen molar-refractivity contribution < 1.29 is 4.79 Å².